The third-order valence-electron chi connectivity index (χ3n) is 5.00. The van der Waals surface area contributed by atoms with Crippen LogP contribution in [0.2, 0.25) is 0 Å². The molecule has 0 radical (unpaired) electrons. The Bertz CT molecular complexity index is 1270. The molecule has 1 saturated heterocycles. The van der Waals surface area contributed by atoms with Gasteiger partial charge in [0.15, 0.2) is 5.78 Å². The van der Waals surface area contributed by atoms with Crippen LogP contribution in [0.1, 0.15) is 24.2 Å². The molecule has 1 unspecified atom stereocenters. The third kappa shape index (κ3) is 4.54. The summed E-state index contributed by atoms with van der Waals surface area (Å²) in [6, 6.07) is 9.50. The minimum atomic E-state index is -0.562. The summed E-state index contributed by atoms with van der Waals surface area (Å²) in [6.07, 6.45) is 1.60. The van der Waals surface area contributed by atoms with E-state index in [-0.39, 0.29) is 24.1 Å². The number of hydrogen-bond acceptors (Lipinski definition) is 6. The highest BCUT2D eigenvalue weighted by Crippen LogP contribution is 2.28. The first-order valence-electron chi connectivity index (χ1n) is 9.78. The lowest BCUT2D eigenvalue weighted by Crippen LogP contribution is -2.26. The van der Waals surface area contributed by atoms with Crippen LogP contribution < -0.4 is 10.1 Å². The molecule has 0 spiro atoms. The lowest BCUT2D eigenvalue weighted by molar-refractivity contribution is -0.132. The van der Waals surface area contributed by atoms with Gasteiger partial charge in [0.1, 0.15) is 28.8 Å². The van der Waals surface area contributed by atoms with E-state index in [4.69, 9.17) is 4.74 Å². The van der Waals surface area contributed by atoms with Crippen LogP contribution >= 0.6 is 15.9 Å². The molecule has 1 aliphatic heterocycles. The maximum Gasteiger partial charge on any atom is 0.308 e. The Kier molecular flexibility index (Phi) is 5.79. The van der Waals surface area contributed by atoms with E-state index in [1.54, 1.807) is 47.2 Å². The second-order valence-electron chi connectivity index (χ2n) is 7.40. The number of benzene rings is 1. The van der Waals surface area contributed by atoms with Gasteiger partial charge in [0.05, 0.1) is 6.54 Å². The monoisotopic (exact) mass is 498 g/mol. The van der Waals surface area contributed by atoms with E-state index >= 15 is 0 Å². The van der Waals surface area contributed by atoms with Crippen molar-refractivity contribution in [1.82, 2.24) is 14.5 Å². The van der Waals surface area contributed by atoms with Gasteiger partial charge in [-0.3, -0.25) is 19.2 Å². The van der Waals surface area contributed by atoms with Crippen LogP contribution in [0.15, 0.2) is 47.2 Å². The topological polar surface area (TPSA) is 110 Å². The zero-order valence-electron chi connectivity index (χ0n) is 17.3. The van der Waals surface area contributed by atoms with Gasteiger partial charge < -0.3 is 19.5 Å². The van der Waals surface area contributed by atoms with E-state index in [1.165, 1.54) is 18.7 Å². The number of nitrogens with zero attached hydrogens (tertiary/aromatic N) is 3. The number of halogens is 1. The minimum absolute atomic E-state index is 0.0321. The number of ether oxygens (including phenoxy) is 1. The van der Waals surface area contributed by atoms with Crippen molar-refractivity contribution in [2.24, 2.45) is 0 Å². The van der Waals surface area contributed by atoms with Crippen molar-refractivity contribution in [2.45, 2.75) is 26.4 Å². The molecule has 1 atom stereocenters. The summed E-state index contributed by atoms with van der Waals surface area (Å²) >= 11 is 3.25. The third-order valence-corrected chi connectivity index (χ3v) is 5.44. The molecule has 0 saturated carbocycles. The van der Waals surface area contributed by atoms with Gasteiger partial charge in [0.2, 0.25) is 11.8 Å². The van der Waals surface area contributed by atoms with Crippen LogP contribution in [-0.4, -0.2) is 50.6 Å². The summed E-state index contributed by atoms with van der Waals surface area (Å²) in [5.41, 5.74) is 1.07. The Morgan fingerprint density at radius 2 is 1.97 bits per heavy atom. The normalized spacial score (nSPS) is 14.8. The number of anilines is 1. The lowest BCUT2D eigenvalue weighted by Gasteiger charge is -2.08. The highest BCUT2D eigenvalue weighted by atomic mass is 79.9. The molecule has 0 bridgehead atoms. The lowest BCUT2D eigenvalue weighted by atomic mass is 10.1. The van der Waals surface area contributed by atoms with Gasteiger partial charge in [-0.2, -0.15) is 0 Å². The average Bonchev–Trinajstić information content (AvgIpc) is 3.45. The zero-order chi connectivity index (χ0) is 23.0. The molecule has 1 aromatic carbocycles. The Labute approximate surface area is 191 Å². The number of pyridine rings is 1. The molecule has 3 aromatic rings. The number of rotatable bonds is 6. The standard InChI is InChI=1S/C22H19BrN4O5/c1-12(28)16-9-26(17-7-6-14(8-15(16)17)32-13(2)29)11-21(30)27-10-18(27)22(31)25-20-5-3-4-19(23)24-20/h3-9,18H,10-11H2,1-2H3,(H,24,25,31). The predicted molar refractivity (Wildman–Crippen MR) is 119 cm³/mol. The Hall–Kier alpha value is -3.53. The van der Waals surface area contributed by atoms with Crippen molar-refractivity contribution in [3.63, 3.8) is 0 Å². The largest absolute Gasteiger partial charge is 0.427 e. The zero-order valence-corrected chi connectivity index (χ0v) is 18.9. The Balaban J connectivity index is 1.48. The van der Waals surface area contributed by atoms with Gasteiger partial charge >= 0.3 is 5.97 Å². The summed E-state index contributed by atoms with van der Waals surface area (Å²) in [5, 5.41) is 3.28. The Morgan fingerprint density at radius 3 is 2.66 bits per heavy atom. The van der Waals surface area contributed by atoms with E-state index in [0.717, 1.165) is 0 Å². The number of carbonyl (C=O) groups is 4. The van der Waals surface area contributed by atoms with Gasteiger partial charge in [0.25, 0.3) is 0 Å². The summed E-state index contributed by atoms with van der Waals surface area (Å²) in [4.78, 5) is 54.2. The average molecular weight is 499 g/mol. The van der Waals surface area contributed by atoms with E-state index in [2.05, 4.69) is 26.2 Å². The van der Waals surface area contributed by atoms with Gasteiger partial charge in [0, 0.05) is 29.6 Å². The highest BCUT2D eigenvalue weighted by Gasteiger charge is 2.44. The van der Waals surface area contributed by atoms with Crippen molar-refractivity contribution in [1.29, 1.82) is 0 Å². The number of ketones is 1. The first kappa shape index (κ1) is 21.7. The van der Waals surface area contributed by atoms with Crippen LogP contribution in [0.5, 0.6) is 5.75 Å². The number of carbonyl (C=O) groups excluding carboxylic acids is 4. The molecule has 1 aliphatic rings. The number of amides is 2. The number of hydrogen-bond donors (Lipinski definition) is 1. The molecule has 9 nitrogen and oxygen atoms in total. The summed E-state index contributed by atoms with van der Waals surface area (Å²) in [7, 11) is 0. The van der Waals surface area contributed by atoms with Crippen molar-refractivity contribution in [3.8, 4) is 5.75 Å². The van der Waals surface area contributed by atoms with Gasteiger partial charge in [-0.15, -0.1) is 0 Å². The molecule has 10 heteroatoms. The fourth-order valence-corrected chi connectivity index (χ4v) is 3.82. The van der Waals surface area contributed by atoms with Gasteiger partial charge in [-0.1, -0.05) is 6.07 Å². The molecule has 2 amide bonds. The van der Waals surface area contributed by atoms with Crippen LogP contribution in [0.25, 0.3) is 10.9 Å². The van der Waals surface area contributed by atoms with Gasteiger partial charge in [-0.25, -0.2) is 4.98 Å². The fourth-order valence-electron chi connectivity index (χ4n) is 3.48. The maximum atomic E-state index is 12.8. The summed E-state index contributed by atoms with van der Waals surface area (Å²) in [5.74, 6) is -0.478. The molecule has 1 fully saturated rings. The smallest absolute Gasteiger partial charge is 0.308 e. The van der Waals surface area contributed by atoms with Crippen LogP contribution in [-0.2, 0) is 20.9 Å². The maximum absolute atomic E-state index is 12.8. The molecule has 0 aliphatic carbocycles. The molecular formula is C22H19BrN4O5. The molecule has 1 N–H and O–H groups in total. The first-order valence-corrected chi connectivity index (χ1v) is 10.6. The Morgan fingerprint density at radius 1 is 1.19 bits per heavy atom. The van der Waals surface area contributed by atoms with E-state index < -0.39 is 12.0 Å². The number of nitrogens with one attached hydrogen (secondary N) is 1. The van der Waals surface area contributed by atoms with Crippen molar-refractivity contribution in [3.05, 3.63) is 52.8 Å². The first-order chi connectivity index (χ1) is 15.2. The van der Waals surface area contributed by atoms with E-state index in [0.29, 0.717) is 39.2 Å². The molecule has 32 heavy (non-hydrogen) atoms. The number of fused-ring (bicyclic) bond motifs is 1. The van der Waals surface area contributed by atoms with Gasteiger partial charge in [-0.05, 0) is 53.2 Å². The van der Waals surface area contributed by atoms with E-state index in [9.17, 15) is 19.2 Å². The second-order valence-corrected chi connectivity index (χ2v) is 8.21. The van der Waals surface area contributed by atoms with Crippen molar-refractivity contribution < 1.29 is 23.9 Å². The fraction of sp³-hybridized carbons (Fsp3) is 0.227. The second kappa shape index (κ2) is 8.54. The van der Waals surface area contributed by atoms with Crippen molar-refractivity contribution >= 4 is 56.2 Å². The highest BCUT2D eigenvalue weighted by molar-refractivity contribution is 9.10. The summed E-state index contributed by atoms with van der Waals surface area (Å²) in [6.45, 7) is 3.01. The summed E-state index contributed by atoms with van der Waals surface area (Å²) < 4.78 is 7.36. The molecule has 164 valence electrons. The molecule has 4 rings (SSSR count). The van der Waals surface area contributed by atoms with Crippen LogP contribution in [0.4, 0.5) is 5.82 Å². The predicted octanol–water partition coefficient (Wildman–Crippen LogP) is 2.78. The van der Waals surface area contributed by atoms with E-state index in [1.807, 2.05) is 0 Å². The van der Waals surface area contributed by atoms with Crippen molar-refractivity contribution in [2.75, 3.05) is 11.9 Å². The molecular weight excluding hydrogens is 480 g/mol. The molecule has 2 aromatic heterocycles. The number of Topliss-reactive ketones (excluding diaryl/α,β-unsaturated/α-hetero) is 1. The SMILES string of the molecule is CC(=O)Oc1ccc2c(c1)c(C(C)=O)cn2CC(=O)N1CC1C(=O)Nc1cccc(Br)n1. The van der Waals surface area contributed by atoms with Crippen LogP contribution in [0, 0.1) is 0 Å². The minimum Gasteiger partial charge on any atom is -0.427 e. The van der Waals surface area contributed by atoms with Crippen LogP contribution in [0.3, 0.4) is 0 Å². The molecule has 3 heterocycles. The number of esters is 1. The number of aromatic nitrogens is 2. The quantitative estimate of drug-likeness (QED) is 0.184.